The molecule has 0 aliphatic carbocycles. The van der Waals surface area contributed by atoms with Gasteiger partial charge in [-0.1, -0.05) is 30.3 Å². The monoisotopic (exact) mass is 352 g/mol. The molecule has 1 aromatic heterocycles. The van der Waals surface area contributed by atoms with Gasteiger partial charge in [-0.15, -0.1) is 0 Å². The number of nitrogens with zero attached hydrogens (tertiary/aromatic N) is 3. The van der Waals surface area contributed by atoms with E-state index in [2.05, 4.69) is 27.4 Å². The molecule has 0 unspecified atom stereocenters. The lowest BCUT2D eigenvalue weighted by Crippen LogP contribution is -2.36. The number of benzene rings is 1. The van der Waals surface area contributed by atoms with Gasteiger partial charge in [0.15, 0.2) is 0 Å². The number of carbonyl (C=O) groups is 1. The normalized spacial score (nSPS) is 21.0. The van der Waals surface area contributed by atoms with Crippen molar-refractivity contribution in [3.05, 3.63) is 54.0 Å². The summed E-state index contributed by atoms with van der Waals surface area (Å²) < 4.78 is 5.31. The highest BCUT2D eigenvalue weighted by atomic mass is 16.6. The molecule has 1 aromatic carbocycles. The van der Waals surface area contributed by atoms with Crippen molar-refractivity contribution in [2.75, 3.05) is 24.6 Å². The molecular weight excluding hydrogens is 328 g/mol. The Morgan fingerprint density at radius 2 is 1.92 bits per heavy atom. The van der Waals surface area contributed by atoms with Crippen LogP contribution in [0.25, 0.3) is 0 Å². The standard InChI is InChI=1S/C20H24N4O2/c25-20-24(18(13-26-20)11-15-4-2-1-3-5-15)19-12-17(22-14-23-19)10-16-6-8-21-9-7-16/h1-5,12,14,16,18,21H,6-11,13H2/t18-/m1/s1. The molecule has 6 nitrogen and oxygen atoms in total. The summed E-state index contributed by atoms with van der Waals surface area (Å²) in [5, 5.41) is 3.39. The minimum Gasteiger partial charge on any atom is -0.447 e. The van der Waals surface area contributed by atoms with E-state index in [1.807, 2.05) is 24.3 Å². The van der Waals surface area contributed by atoms with Crippen LogP contribution in [0.3, 0.4) is 0 Å². The maximum absolute atomic E-state index is 12.3. The number of carbonyl (C=O) groups excluding carboxylic acids is 1. The molecule has 1 amide bonds. The van der Waals surface area contributed by atoms with Crippen molar-refractivity contribution in [3.63, 3.8) is 0 Å². The summed E-state index contributed by atoms with van der Waals surface area (Å²) in [6.45, 7) is 2.53. The molecule has 6 heteroatoms. The van der Waals surface area contributed by atoms with E-state index >= 15 is 0 Å². The Morgan fingerprint density at radius 1 is 1.12 bits per heavy atom. The molecular formula is C20H24N4O2. The third-order valence-electron chi connectivity index (χ3n) is 5.19. The molecule has 0 bridgehead atoms. The zero-order valence-corrected chi connectivity index (χ0v) is 14.8. The van der Waals surface area contributed by atoms with Gasteiger partial charge in [0.25, 0.3) is 0 Å². The summed E-state index contributed by atoms with van der Waals surface area (Å²) in [6.07, 6.45) is 5.27. The van der Waals surface area contributed by atoms with Crippen LogP contribution in [0.5, 0.6) is 0 Å². The summed E-state index contributed by atoms with van der Waals surface area (Å²) in [4.78, 5) is 22.8. The molecule has 1 atom stereocenters. The minimum atomic E-state index is -0.322. The third-order valence-corrected chi connectivity index (χ3v) is 5.19. The summed E-state index contributed by atoms with van der Waals surface area (Å²) in [5.41, 5.74) is 2.19. The number of hydrogen-bond acceptors (Lipinski definition) is 5. The Balaban J connectivity index is 1.50. The second-order valence-corrected chi connectivity index (χ2v) is 7.06. The Bertz CT molecular complexity index is 746. The van der Waals surface area contributed by atoms with Gasteiger partial charge in [-0.3, -0.25) is 4.90 Å². The topological polar surface area (TPSA) is 67.3 Å². The van der Waals surface area contributed by atoms with E-state index in [1.165, 1.54) is 18.4 Å². The first-order valence-electron chi connectivity index (χ1n) is 9.31. The van der Waals surface area contributed by atoms with E-state index in [4.69, 9.17) is 4.74 Å². The molecule has 26 heavy (non-hydrogen) atoms. The van der Waals surface area contributed by atoms with Crippen molar-refractivity contribution in [3.8, 4) is 0 Å². The molecule has 0 radical (unpaired) electrons. The first kappa shape index (κ1) is 17.0. The van der Waals surface area contributed by atoms with E-state index in [9.17, 15) is 4.79 Å². The van der Waals surface area contributed by atoms with Crippen LogP contribution in [0, 0.1) is 5.92 Å². The Morgan fingerprint density at radius 3 is 2.73 bits per heavy atom. The second kappa shape index (κ2) is 7.83. The molecule has 4 rings (SSSR count). The van der Waals surface area contributed by atoms with Crippen LogP contribution in [-0.2, 0) is 17.6 Å². The van der Waals surface area contributed by atoms with Crippen LogP contribution >= 0.6 is 0 Å². The lowest BCUT2D eigenvalue weighted by Gasteiger charge is -2.23. The molecule has 2 aromatic rings. The van der Waals surface area contributed by atoms with E-state index in [-0.39, 0.29) is 12.1 Å². The maximum atomic E-state index is 12.3. The van der Waals surface area contributed by atoms with Gasteiger partial charge in [-0.2, -0.15) is 0 Å². The lowest BCUT2D eigenvalue weighted by atomic mass is 9.93. The predicted molar refractivity (Wildman–Crippen MR) is 99.1 cm³/mol. The zero-order chi connectivity index (χ0) is 17.8. The van der Waals surface area contributed by atoms with Gasteiger partial charge in [-0.05, 0) is 50.3 Å². The quantitative estimate of drug-likeness (QED) is 0.896. The van der Waals surface area contributed by atoms with Crippen molar-refractivity contribution in [1.82, 2.24) is 15.3 Å². The van der Waals surface area contributed by atoms with Crippen molar-refractivity contribution in [2.45, 2.75) is 31.7 Å². The van der Waals surface area contributed by atoms with E-state index in [1.54, 1.807) is 11.2 Å². The number of rotatable bonds is 5. The summed E-state index contributed by atoms with van der Waals surface area (Å²) in [7, 11) is 0. The van der Waals surface area contributed by atoms with E-state index in [0.29, 0.717) is 18.3 Å². The fraction of sp³-hybridized carbons (Fsp3) is 0.450. The Labute approximate surface area is 153 Å². The average molecular weight is 352 g/mol. The molecule has 2 saturated heterocycles. The molecule has 136 valence electrons. The first-order valence-corrected chi connectivity index (χ1v) is 9.31. The number of aromatic nitrogens is 2. The molecule has 3 heterocycles. The third kappa shape index (κ3) is 3.85. The summed E-state index contributed by atoms with van der Waals surface area (Å²) in [6, 6.07) is 12.1. The highest BCUT2D eigenvalue weighted by Gasteiger charge is 2.35. The van der Waals surface area contributed by atoms with Gasteiger partial charge in [0, 0.05) is 11.8 Å². The lowest BCUT2D eigenvalue weighted by molar-refractivity contribution is 0.178. The highest BCUT2D eigenvalue weighted by molar-refractivity contribution is 5.89. The predicted octanol–water partition coefficient (Wildman–Crippen LogP) is 2.59. The smallest absolute Gasteiger partial charge is 0.415 e. The zero-order valence-electron chi connectivity index (χ0n) is 14.8. The Hall–Kier alpha value is -2.47. The number of piperidine rings is 1. The van der Waals surface area contributed by atoms with Gasteiger partial charge in [0.05, 0.1) is 6.04 Å². The Kier molecular flexibility index (Phi) is 5.11. The summed E-state index contributed by atoms with van der Waals surface area (Å²) in [5.74, 6) is 1.29. The number of hydrogen-bond donors (Lipinski definition) is 1. The fourth-order valence-electron chi connectivity index (χ4n) is 3.79. The number of amides is 1. The van der Waals surface area contributed by atoms with Gasteiger partial charge in [0.2, 0.25) is 0 Å². The van der Waals surface area contributed by atoms with Crippen molar-refractivity contribution in [2.24, 2.45) is 5.92 Å². The van der Waals surface area contributed by atoms with Gasteiger partial charge in [-0.25, -0.2) is 14.8 Å². The van der Waals surface area contributed by atoms with Crippen molar-refractivity contribution < 1.29 is 9.53 Å². The van der Waals surface area contributed by atoms with Crippen LogP contribution in [0.15, 0.2) is 42.7 Å². The molecule has 2 aliphatic rings. The SMILES string of the molecule is O=C1OC[C@@H](Cc2ccccc2)N1c1cc(CC2CCNCC2)ncn1. The van der Waals surface area contributed by atoms with Gasteiger partial charge >= 0.3 is 6.09 Å². The highest BCUT2D eigenvalue weighted by Crippen LogP contribution is 2.25. The van der Waals surface area contributed by atoms with Crippen LogP contribution in [0.2, 0.25) is 0 Å². The number of anilines is 1. The molecule has 0 spiro atoms. The molecule has 2 fully saturated rings. The molecule has 0 saturated carbocycles. The van der Waals surface area contributed by atoms with Crippen LogP contribution < -0.4 is 10.2 Å². The number of nitrogens with one attached hydrogen (secondary N) is 1. The van der Waals surface area contributed by atoms with Gasteiger partial charge < -0.3 is 10.1 Å². The number of cyclic esters (lactones) is 1. The minimum absolute atomic E-state index is 0.0356. The van der Waals surface area contributed by atoms with E-state index < -0.39 is 0 Å². The fourth-order valence-corrected chi connectivity index (χ4v) is 3.79. The van der Waals surface area contributed by atoms with Crippen LogP contribution in [0.1, 0.15) is 24.1 Å². The van der Waals surface area contributed by atoms with Crippen LogP contribution in [-0.4, -0.2) is 41.8 Å². The second-order valence-electron chi connectivity index (χ2n) is 7.06. The van der Waals surface area contributed by atoms with Crippen molar-refractivity contribution >= 4 is 11.9 Å². The van der Waals surface area contributed by atoms with Crippen molar-refractivity contribution in [1.29, 1.82) is 0 Å². The molecule has 1 N–H and O–H groups in total. The van der Waals surface area contributed by atoms with Gasteiger partial charge in [0.1, 0.15) is 18.8 Å². The van der Waals surface area contributed by atoms with Crippen LogP contribution in [0.4, 0.5) is 10.6 Å². The average Bonchev–Trinajstić information content (AvgIpc) is 3.04. The largest absolute Gasteiger partial charge is 0.447 e. The maximum Gasteiger partial charge on any atom is 0.415 e. The molecule has 2 aliphatic heterocycles. The number of ether oxygens (including phenoxy) is 1. The first-order chi connectivity index (χ1) is 12.8. The van der Waals surface area contributed by atoms with E-state index in [0.717, 1.165) is 31.6 Å². The summed E-state index contributed by atoms with van der Waals surface area (Å²) >= 11 is 0.